The van der Waals surface area contributed by atoms with Crippen molar-refractivity contribution < 1.29 is 12.4 Å². The van der Waals surface area contributed by atoms with Gasteiger partial charge in [0.2, 0.25) is 0 Å². The van der Waals surface area contributed by atoms with Gasteiger partial charge >= 0.3 is 23.1 Å². The first-order chi connectivity index (χ1) is 2.43. The van der Waals surface area contributed by atoms with Crippen LogP contribution >= 0.6 is 0 Å². The topological polar surface area (TPSA) is 0 Å². The summed E-state index contributed by atoms with van der Waals surface area (Å²) in [5.74, 6) is 2.94. The zero-order chi connectivity index (χ0) is 3.70. The Labute approximate surface area is 66.6 Å². The summed E-state index contributed by atoms with van der Waals surface area (Å²) < 4.78 is 0. The Balaban J connectivity index is 0. The first kappa shape index (κ1) is 10.6. The standard InChI is InChI=1S/C5H5.ClH.Mg/c1-2-5-3-4-5;;/h5H,3-4H2;1H;/q-1;;+2/p-1. The molecule has 0 spiro atoms. The summed E-state index contributed by atoms with van der Waals surface area (Å²) >= 11 is 0. The van der Waals surface area contributed by atoms with Gasteiger partial charge in [-0.1, -0.05) is 0 Å². The van der Waals surface area contributed by atoms with Crippen molar-refractivity contribution in [3.05, 3.63) is 6.42 Å². The molecule has 0 aliphatic heterocycles. The molecule has 0 atom stereocenters. The molecule has 7 heavy (non-hydrogen) atoms. The van der Waals surface area contributed by atoms with E-state index >= 15 is 0 Å². The largest absolute Gasteiger partial charge is 2.00 e. The Bertz CT molecular complexity index is 70.6. The van der Waals surface area contributed by atoms with E-state index in [1.54, 1.807) is 0 Å². The molecule has 0 amide bonds. The molecule has 0 N–H and O–H groups in total. The first-order valence-corrected chi connectivity index (χ1v) is 1.86. The average molecular weight is 125 g/mol. The maximum Gasteiger partial charge on any atom is 2.00 e. The van der Waals surface area contributed by atoms with Crippen molar-refractivity contribution in [3.63, 3.8) is 0 Å². The van der Waals surface area contributed by atoms with Crippen molar-refractivity contribution in [2.24, 2.45) is 5.92 Å². The minimum absolute atomic E-state index is 0. The molecule has 1 fully saturated rings. The molecule has 1 aliphatic rings. The van der Waals surface area contributed by atoms with Crippen molar-refractivity contribution in [3.8, 4) is 5.92 Å². The van der Waals surface area contributed by atoms with Gasteiger partial charge in [0.1, 0.15) is 0 Å². The normalized spacial score (nSPS) is 15.3. The molecular formula is C5H5ClMg. The number of hydrogen-bond donors (Lipinski definition) is 0. The molecule has 0 aromatic heterocycles. The van der Waals surface area contributed by atoms with Crippen LogP contribution in [-0.4, -0.2) is 23.1 Å². The molecular weight excluding hydrogens is 120 g/mol. The molecule has 1 saturated carbocycles. The average Bonchev–Trinajstić information content (AvgIpc) is 2.12. The summed E-state index contributed by atoms with van der Waals surface area (Å²) in [6.45, 7) is 0. The van der Waals surface area contributed by atoms with Gasteiger partial charge in [0, 0.05) is 0 Å². The van der Waals surface area contributed by atoms with Gasteiger partial charge in [-0.15, -0.1) is 0 Å². The molecule has 0 aromatic carbocycles. The summed E-state index contributed by atoms with van der Waals surface area (Å²) in [5, 5.41) is 0. The van der Waals surface area contributed by atoms with Crippen LogP contribution in [0.15, 0.2) is 0 Å². The molecule has 1 rings (SSSR count). The Morgan fingerprint density at radius 2 is 1.86 bits per heavy atom. The Kier molecular flexibility index (Phi) is 7.20. The van der Waals surface area contributed by atoms with E-state index in [9.17, 15) is 0 Å². The maximum atomic E-state index is 6.47. The van der Waals surface area contributed by atoms with Gasteiger partial charge in [0.25, 0.3) is 0 Å². The number of halogens is 1. The fourth-order valence-corrected chi connectivity index (χ4v) is 0.228. The smallest absolute Gasteiger partial charge is 1.00 e. The van der Waals surface area contributed by atoms with Crippen molar-refractivity contribution >= 4 is 23.1 Å². The van der Waals surface area contributed by atoms with E-state index in [1.165, 1.54) is 12.8 Å². The minimum Gasteiger partial charge on any atom is -1.00 e. The van der Waals surface area contributed by atoms with Gasteiger partial charge in [0.15, 0.2) is 0 Å². The van der Waals surface area contributed by atoms with E-state index in [4.69, 9.17) is 6.42 Å². The molecule has 0 radical (unpaired) electrons. The van der Waals surface area contributed by atoms with Crippen LogP contribution in [-0.2, 0) is 0 Å². The van der Waals surface area contributed by atoms with Gasteiger partial charge in [-0.3, -0.25) is 0 Å². The van der Waals surface area contributed by atoms with E-state index in [0.29, 0.717) is 5.92 Å². The fourth-order valence-electron chi connectivity index (χ4n) is 0.228. The molecule has 0 aromatic rings. The molecule has 0 saturated heterocycles. The van der Waals surface area contributed by atoms with Crippen LogP contribution in [0.5, 0.6) is 0 Å². The fraction of sp³-hybridized carbons (Fsp3) is 0.600. The molecule has 0 heterocycles. The van der Waals surface area contributed by atoms with Gasteiger partial charge in [-0.2, -0.15) is 0 Å². The van der Waals surface area contributed by atoms with Crippen molar-refractivity contribution in [1.29, 1.82) is 0 Å². The predicted molar refractivity (Wildman–Crippen MR) is 25.6 cm³/mol. The van der Waals surface area contributed by atoms with E-state index in [-0.39, 0.29) is 35.5 Å². The molecule has 0 bridgehead atoms. The predicted octanol–water partition coefficient (Wildman–Crippen LogP) is -2.39. The molecule has 0 unspecified atom stereocenters. The number of rotatable bonds is 0. The van der Waals surface area contributed by atoms with Crippen molar-refractivity contribution in [2.45, 2.75) is 12.8 Å². The van der Waals surface area contributed by atoms with Crippen molar-refractivity contribution in [2.75, 3.05) is 0 Å². The second-order valence-corrected chi connectivity index (χ2v) is 1.42. The first-order valence-electron chi connectivity index (χ1n) is 1.86. The van der Waals surface area contributed by atoms with Crippen LogP contribution in [0.3, 0.4) is 0 Å². The molecule has 34 valence electrons. The quantitative estimate of drug-likeness (QED) is 0.192. The summed E-state index contributed by atoms with van der Waals surface area (Å²) in [5.41, 5.74) is 0. The third kappa shape index (κ3) is 4.47. The second kappa shape index (κ2) is 4.77. The van der Waals surface area contributed by atoms with Gasteiger partial charge in [0.05, 0.1) is 0 Å². The van der Waals surface area contributed by atoms with E-state index < -0.39 is 0 Å². The maximum absolute atomic E-state index is 6.47. The third-order valence-electron chi connectivity index (χ3n) is 0.781. The van der Waals surface area contributed by atoms with Crippen LogP contribution < -0.4 is 12.4 Å². The van der Waals surface area contributed by atoms with Crippen molar-refractivity contribution in [1.82, 2.24) is 0 Å². The van der Waals surface area contributed by atoms with Crippen LogP contribution in [0.25, 0.3) is 0 Å². The third-order valence-corrected chi connectivity index (χ3v) is 0.781. The summed E-state index contributed by atoms with van der Waals surface area (Å²) in [6, 6.07) is 0. The van der Waals surface area contributed by atoms with Gasteiger partial charge < -0.3 is 24.8 Å². The van der Waals surface area contributed by atoms with Gasteiger partial charge in [-0.25, -0.2) is 0 Å². The molecule has 0 nitrogen and oxygen atoms in total. The monoisotopic (exact) mass is 124 g/mol. The van der Waals surface area contributed by atoms with Crippen LogP contribution in [0.4, 0.5) is 0 Å². The Morgan fingerprint density at radius 1 is 1.43 bits per heavy atom. The van der Waals surface area contributed by atoms with Gasteiger partial charge in [-0.05, 0) is 18.8 Å². The zero-order valence-corrected chi connectivity index (χ0v) is 6.25. The minimum atomic E-state index is 0. The SMILES string of the molecule is [C-]#CC1CC1.[Cl-].[Mg+2]. The summed E-state index contributed by atoms with van der Waals surface area (Å²) in [6.07, 6.45) is 8.89. The van der Waals surface area contributed by atoms with Crippen LogP contribution in [0.2, 0.25) is 0 Å². The zero-order valence-electron chi connectivity index (χ0n) is 4.08. The van der Waals surface area contributed by atoms with Crippen LogP contribution in [0, 0.1) is 18.3 Å². The van der Waals surface area contributed by atoms with E-state index in [0.717, 1.165) is 0 Å². The van der Waals surface area contributed by atoms with E-state index in [1.807, 2.05) is 0 Å². The second-order valence-electron chi connectivity index (χ2n) is 1.42. The van der Waals surface area contributed by atoms with E-state index in [2.05, 4.69) is 5.92 Å². The summed E-state index contributed by atoms with van der Waals surface area (Å²) in [4.78, 5) is 0. The summed E-state index contributed by atoms with van der Waals surface area (Å²) in [7, 11) is 0. The van der Waals surface area contributed by atoms with Crippen LogP contribution in [0.1, 0.15) is 12.8 Å². The number of hydrogen-bond acceptors (Lipinski definition) is 0. The Morgan fingerprint density at radius 3 is 1.86 bits per heavy atom. The molecule has 1 aliphatic carbocycles. The molecule has 2 heteroatoms. The Hall–Kier alpha value is 0.616.